The first-order valence-electron chi connectivity index (χ1n) is 10.8. The van der Waals surface area contributed by atoms with Crippen LogP contribution in [0.5, 0.6) is 0 Å². The Bertz CT molecular complexity index is 697. The summed E-state index contributed by atoms with van der Waals surface area (Å²) in [5.74, 6) is -8.41. The zero-order chi connectivity index (χ0) is 21.5. The van der Waals surface area contributed by atoms with E-state index in [2.05, 4.69) is 6.92 Å². The molecule has 2 N–H and O–H groups in total. The lowest BCUT2D eigenvalue weighted by Gasteiger charge is -2.51. The number of aliphatic hydroxyl groups is 2. The summed E-state index contributed by atoms with van der Waals surface area (Å²) >= 11 is 0. The Morgan fingerprint density at radius 3 is 1.97 bits per heavy atom. The van der Waals surface area contributed by atoms with Crippen LogP contribution >= 0.6 is 0 Å². The van der Waals surface area contributed by atoms with E-state index in [4.69, 9.17) is 0 Å². The second kappa shape index (κ2) is 7.84. The zero-order valence-electron chi connectivity index (χ0n) is 17.2. The van der Waals surface area contributed by atoms with E-state index in [0.29, 0.717) is 5.92 Å². The SMILES string of the molecule is CCCC1CCC(c2ccc(C3(O)CCC(O)(CC)C(F)(F)C3(F)F)cc2)CC1. The largest absolute Gasteiger partial charge is 0.383 e. The first kappa shape index (κ1) is 22.5. The quantitative estimate of drug-likeness (QED) is 0.565. The van der Waals surface area contributed by atoms with E-state index in [0.717, 1.165) is 37.2 Å². The Morgan fingerprint density at radius 2 is 1.45 bits per heavy atom. The molecule has 2 fully saturated rings. The predicted molar refractivity (Wildman–Crippen MR) is 104 cm³/mol. The number of hydrogen-bond acceptors (Lipinski definition) is 2. The van der Waals surface area contributed by atoms with Gasteiger partial charge in [-0.05, 0) is 67.9 Å². The molecule has 0 aromatic heterocycles. The minimum Gasteiger partial charge on any atom is -0.383 e. The van der Waals surface area contributed by atoms with Gasteiger partial charge in [0, 0.05) is 0 Å². The van der Waals surface area contributed by atoms with Crippen LogP contribution in [0.25, 0.3) is 0 Å². The third-order valence-corrected chi connectivity index (χ3v) is 7.39. The van der Waals surface area contributed by atoms with Gasteiger partial charge in [0.2, 0.25) is 0 Å². The van der Waals surface area contributed by atoms with Crippen LogP contribution in [0.2, 0.25) is 0 Å². The van der Waals surface area contributed by atoms with E-state index in [-0.39, 0.29) is 5.56 Å². The van der Waals surface area contributed by atoms with Crippen molar-refractivity contribution in [3.8, 4) is 0 Å². The molecule has 2 saturated carbocycles. The second-order valence-electron chi connectivity index (χ2n) is 9.02. The smallest absolute Gasteiger partial charge is 0.345 e. The molecule has 0 aliphatic heterocycles. The van der Waals surface area contributed by atoms with E-state index in [1.807, 2.05) is 0 Å². The molecule has 1 aromatic rings. The summed E-state index contributed by atoms with van der Waals surface area (Å²) < 4.78 is 58.7. The van der Waals surface area contributed by atoms with Gasteiger partial charge in [-0.2, -0.15) is 17.6 Å². The zero-order valence-corrected chi connectivity index (χ0v) is 17.2. The van der Waals surface area contributed by atoms with E-state index < -0.39 is 42.3 Å². The summed E-state index contributed by atoms with van der Waals surface area (Å²) in [7, 11) is 0. The van der Waals surface area contributed by atoms with Crippen molar-refractivity contribution in [1.82, 2.24) is 0 Å². The lowest BCUT2D eigenvalue weighted by atomic mass is 9.66. The van der Waals surface area contributed by atoms with Crippen molar-refractivity contribution >= 4 is 0 Å². The molecule has 2 aliphatic rings. The van der Waals surface area contributed by atoms with Crippen LogP contribution in [0.4, 0.5) is 17.6 Å². The maximum atomic E-state index is 14.8. The van der Waals surface area contributed by atoms with E-state index in [1.165, 1.54) is 31.9 Å². The van der Waals surface area contributed by atoms with Gasteiger partial charge >= 0.3 is 11.8 Å². The van der Waals surface area contributed by atoms with Gasteiger partial charge in [-0.3, -0.25) is 0 Å². The van der Waals surface area contributed by atoms with E-state index in [1.54, 1.807) is 12.1 Å². The lowest BCUT2D eigenvalue weighted by molar-refractivity contribution is -0.373. The average molecular weight is 416 g/mol. The van der Waals surface area contributed by atoms with Crippen molar-refractivity contribution in [1.29, 1.82) is 0 Å². The minimum absolute atomic E-state index is 0.219. The Hall–Kier alpha value is -1.14. The molecule has 6 heteroatoms. The number of alkyl halides is 4. The first-order valence-corrected chi connectivity index (χ1v) is 10.8. The van der Waals surface area contributed by atoms with Gasteiger partial charge in [-0.1, -0.05) is 51.0 Å². The second-order valence-corrected chi connectivity index (χ2v) is 9.02. The van der Waals surface area contributed by atoms with Crippen molar-refractivity contribution < 1.29 is 27.8 Å². The van der Waals surface area contributed by atoms with Crippen molar-refractivity contribution in [3.63, 3.8) is 0 Å². The van der Waals surface area contributed by atoms with Crippen LogP contribution in [0.15, 0.2) is 24.3 Å². The molecule has 29 heavy (non-hydrogen) atoms. The Labute approximate surface area is 170 Å². The standard InChI is InChI=1S/C23H32F4O2/c1-3-5-16-6-8-17(9-7-16)18-10-12-19(13-11-18)21(29)15-14-20(28,4-2)22(24,25)23(21,26)27/h10-13,16-17,28-29H,3-9,14-15H2,1-2H3. The molecule has 0 heterocycles. The molecule has 0 bridgehead atoms. The van der Waals surface area contributed by atoms with Crippen molar-refractivity contribution in [2.24, 2.45) is 5.92 Å². The molecule has 0 radical (unpaired) electrons. The third-order valence-electron chi connectivity index (χ3n) is 7.39. The maximum Gasteiger partial charge on any atom is 0.345 e. The molecular formula is C23H32F4O2. The molecule has 1 aromatic carbocycles. The number of benzene rings is 1. The van der Waals surface area contributed by atoms with E-state index >= 15 is 0 Å². The molecule has 3 rings (SSSR count). The summed E-state index contributed by atoms with van der Waals surface area (Å²) in [4.78, 5) is 0. The Morgan fingerprint density at radius 1 is 0.862 bits per heavy atom. The van der Waals surface area contributed by atoms with Crippen molar-refractivity contribution in [2.45, 2.75) is 101 Å². The van der Waals surface area contributed by atoms with Gasteiger partial charge < -0.3 is 10.2 Å². The number of rotatable bonds is 5. The first-order chi connectivity index (χ1) is 13.5. The summed E-state index contributed by atoms with van der Waals surface area (Å²) in [6.45, 7) is 3.43. The molecule has 0 saturated heterocycles. The predicted octanol–water partition coefficient (Wildman–Crippen LogP) is 6.15. The highest BCUT2D eigenvalue weighted by atomic mass is 19.3. The topological polar surface area (TPSA) is 40.5 Å². The van der Waals surface area contributed by atoms with Gasteiger partial charge in [0.1, 0.15) is 5.60 Å². The van der Waals surface area contributed by atoms with Gasteiger partial charge in [0.05, 0.1) is 0 Å². The average Bonchev–Trinajstić information content (AvgIpc) is 2.71. The molecule has 0 spiro atoms. The highest BCUT2D eigenvalue weighted by Crippen LogP contribution is 2.60. The molecule has 164 valence electrons. The van der Waals surface area contributed by atoms with Crippen LogP contribution in [-0.2, 0) is 5.60 Å². The maximum absolute atomic E-state index is 14.8. The minimum atomic E-state index is -4.78. The molecule has 2 atom stereocenters. The van der Waals surface area contributed by atoms with Crippen LogP contribution in [0.1, 0.15) is 88.7 Å². The molecule has 0 amide bonds. The lowest BCUT2D eigenvalue weighted by Crippen LogP contribution is -2.70. The van der Waals surface area contributed by atoms with E-state index in [9.17, 15) is 27.8 Å². The third kappa shape index (κ3) is 3.50. The van der Waals surface area contributed by atoms with Crippen molar-refractivity contribution in [3.05, 3.63) is 35.4 Å². The van der Waals surface area contributed by atoms with Crippen LogP contribution in [0, 0.1) is 5.92 Å². The fourth-order valence-corrected chi connectivity index (χ4v) is 5.20. The Kier molecular flexibility index (Phi) is 6.10. The van der Waals surface area contributed by atoms with Gasteiger partial charge in [-0.25, -0.2) is 0 Å². The summed E-state index contributed by atoms with van der Waals surface area (Å²) in [5.41, 5.74) is -5.04. The number of halogens is 4. The number of hydrogen-bond donors (Lipinski definition) is 2. The molecule has 2 nitrogen and oxygen atoms in total. The molecular weight excluding hydrogens is 384 g/mol. The van der Waals surface area contributed by atoms with Gasteiger partial charge in [0.25, 0.3) is 0 Å². The van der Waals surface area contributed by atoms with Crippen LogP contribution < -0.4 is 0 Å². The van der Waals surface area contributed by atoms with Crippen LogP contribution in [-0.4, -0.2) is 27.7 Å². The normalized spacial score (nSPS) is 36.7. The van der Waals surface area contributed by atoms with Crippen molar-refractivity contribution in [2.75, 3.05) is 0 Å². The summed E-state index contributed by atoms with van der Waals surface area (Å²) in [6, 6.07) is 6.08. The highest BCUT2D eigenvalue weighted by molar-refractivity contribution is 5.34. The molecule has 2 aliphatic carbocycles. The van der Waals surface area contributed by atoms with Gasteiger partial charge in [0.15, 0.2) is 5.60 Å². The summed E-state index contributed by atoms with van der Waals surface area (Å²) in [5, 5.41) is 20.7. The monoisotopic (exact) mass is 416 g/mol. The summed E-state index contributed by atoms with van der Waals surface area (Å²) in [6.07, 6.45) is 5.03. The fraction of sp³-hybridized carbons (Fsp3) is 0.739. The van der Waals surface area contributed by atoms with Crippen LogP contribution in [0.3, 0.4) is 0 Å². The Balaban J connectivity index is 1.81. The highest BCUT2D eigenvalue weighted by Gasteiger charge is 2.78. The fourth-order valence-electron chi connectivity index (χ4n) is 5.20. The van der Waals surface area contributed by atoms with Gasteiger partial charge in [-0.15, -0.1) is 0 Å². The molecule has 2 unspecified atom stereocenters.